The van der Waals surface area contributed by atoms with E-state index in [1.165, 1.54) is 0 Å². The van der Waals surface area contributed by atoms with Gasteiger partial charge in [-0.3, -0.25) is 0 Å². The third kappa shape index (κ3) is 11.8. The van der Waals surface area contributed by atoms with Crippen molar-refractivity contribution in [2.45, 2.75) is 26.9 Å². The second kappa shape index (κ2) is 17.1. The zero-order chi connectivity index (χ0) is 8.69. The molecule has 4 heteroatoms. The molecule has 0 amide bonds. The Morgan fingerprint density at radius 3 is 2.21 bits per heavy atom. The van der Waals surface area contributed by atoms with Crippen molar-refractivity contribution in [2.75, 3.05) is 26.2 Å². The van der Waals surface area contributed by atoms with E-state index < -0.39 is 0 Å². The molecular formula is C10H23NOWY. The van der Waals surface area contributed by atoms with Crippen LogP contribution in [0.2, 0.25) is 0 Å². The SMILES string of the molecule is CC.[CH2-]CN1CCOC(C)C1.[CH3-].[W+2].[Y]. The van der Waals surface area contributed by atoms with Crippen LogP contribution < -0.4 is 0 Å². The van der Waals surface area contributed by atoms with Crippen molar-refractivity contribution >= 4 is 0 Å². The minimum atomic E-state index is 0. The van der Waals surface area contributed by atoms with E-state index in [1.54, 1.807) is 0 Å². The molecule has 1 radical (unpaired) electrons. The van der Waals surface area contributed by atoms with Crippen LogP contribution >= 0.6 is 0 Å². The molecule has 0 bridgehead atoms. The quantitative estimate of drug-likeness (QED) is 0.572. The summed E-state index contributed by atoms with van der Waals surface area (Å²) in [5.74, 6) is 0. The fourth-order valence-electron chi connectivity index (χ4n) is 1.09. The van der Waals surface area contributed by atoms with Gasteiger partial charge in [0.1, 0.15) is 0 Å². The third-order valence-corrected chi connectivity index (χ3v) is 1.64. The smallest absolute Gasteiger partial charge is 0.376 e. The largest absolute Gasteiger partial charge is 2.00 e. The summed E-state index contributed by atoms with van der Waals surface area (Å²) in [6, 6.07) is 0. The summed E-state index contributed by atoms with van der Waals surface area (Å²) in [7, 11) is 0. The van der Waals surface area contributed by atoms with Gasteiger partial charge in [-0.15, -0.1) is 6.54 Å². The van der Waals surface area contributed by atoms with Gasteiger partial charge in [-0.25, -0.2) is 0 Å². The predicted octanol–water partition coefficient (Wildman–Crippen LogP) is 2.01. The average Bonchev–Trinajstić information content (AvgIpc) is 2.08. The topological polar surface area (TPSA) is 12.5 Å². The first-order valence-electron chi connectivity index (χ1n) is 4.46. The van der Waals surface area contributed by atoms with Gasteiger partial charge in [0.25, 0.3) is 0 Å². The van der Waals surface area contributed by atoms with E-state index in [2.05, 4.69) is 18.7 Å². The number of hydrogen-bond acceptors (Lipinski definition) is 2. The molecule has 1 heterocycles. The first kappa shape index (κ1) is 24.8. The minimum absolute atomic E-state index is 0. The maximum absolute atomic E-state index is 5.34. The fraction of sp³-hybridized carbons (Fsp3) is 0.800. The summed E-state index contributed by atoms with van der Waals surface area (Å²) in [4.78, 5) is 2.30. The molecule has 0 spiro atoms. The summed E-state index contributed by atoms with van der Waals surface area (Å²) in [5, 5.41) is 0. The van der Waals surface area contributed by atoms with Crippen LogP contribution in [0.3, 0.4) is 0 Å². The monoisotopic (exact) mass is 446 g/mol. The molecule has 0 aromatic heterocycles. The standard InChI is InChI=1S/C7H14NO.C2H6.CH3.W.Y/c1-3-8-4-5-9-7(2)6-8;1-2;;;/h7H,1,3-6H2,2H3;1-2H3;1H3;;/q-1;;-1;+2;. The molecule has 0 N–H and O–H groups in total. The van der Waals surface area contributed by atoms with Gasteiger partial charge in [0.2, 0.25) is 0 Å². The maximum Gasteiger partial charge on any atom is 2.00 e. The van der Waals surface area contributed by atoms with Gasteiger partial charge in [0.05, 0.1) is 12.7 Å². The Hall–Kier alpha value is 1.71. The molecule has 1 fully saturated rings. The number of nitrogens with zero attached hydrogens (tertiary/aromatic N) is 1. The van der Waals surface area contributed by atoms with E-state index in [1.807, 2.05) is 13.8 Å². The van der Waals surface area contributed by atoms with E-state index in [9.17, 15) is 0 Å². The van der Waals surface area contributed by atoms with Crippen molar-refractivity contribution in [2.24, 2.45) is 0 Å². The van der Waals surface area contributed by atoms with E-state index >= 15 is 0 Å². The molecule has 0 aromatic carbocycles. The van der Waals surface area contributed by atoms with Crippen molar-refractivity contribution in [3.05, 3.63) is 14.4 Å². The number of morpholine rings is 1. The van der Waals surface area contributed by atoms with Gasteiger partial charge in [-0.2, -0.15) is 0 Å². The Kier molecular flexibility index (Phi) is 30.3. The molecule has 0 saturated carbocycles. The molecule has 1 aliphatic heterocycles. The Labute approximate surface area is 130 Å². The Balaban J connectivity index is -0.0000000942. The summed E-state index contributed by atoms with van der Waals surface area (Å²) in [6.45, 7) is 13.8. The van der Waals surface area contributed by atoms with E-state index in [4.69, 9.17) is 4.74 Å². The second-order valence-electron chi connectivity index (χ2n) is 2.48. The van der Waals surface area contributed by atoms with Crippen LogP contribution in [0.5, 0.6) is 0 Å². The van der Waals surface area contributed by atoms with Crippen molar-refractivity contribution in [1.29, 1.82) is 0 Å². The van der Waals surface area contributed by atoms with E-state index in [-0.39, 0.29) is 61.2 Å². The molecule has 1 unspecified atom stereocenters. The number of hydrogen-bond donors (Lipinski definition) is 0. The third-order valence-electron chi connectivity index (χ3n) is 1.64. The second-order valence-corrected chi connectivity index (χ2v) is 2.48. The molecule has 1 rings (SSSR count). The van der Waals surface area contributed by atoms with Crippen LogP contribution in [0, 0.1) is 14.4 Å². The summed E-state index contributed by atoms with van der Waals surface area (Å²) in [5.41, 5.74) is 0. The molecule has 14 heavy (non-hydrogen) atoms. The van der Waals surface area contributed by atoms with Crippen LogP contribution in [-0.2, 0) is 58.5 Å². The Bertz CT molecular complexity index is 96.2. The summed E-state index contributed by atoms with van der Waals surface area (Å²) in [6.07, 6.45) is 0.403. The normalized spacial score (nSPS) is 20.1. The fourth-order valence-corrected chi connectivity index (χ4v) is 1.09. The number of rotatable bonds is 1. The van der Waals surface area contributed by atoms with Gasteiger partial charge >= 0.3 is 21.1 Å². The first-order chi connectivity index (χ1) is 5.33. The molecule has 83 valence electrons. The van der Waals surface area contributed by atoms with Crippen LogP contribution in [-0.4, -0.2) is 37.2 Å². The van der Waals surface area contributed by atoms with Crippen LogP contribution in [0.1, 0.15) is 20.8 Å². The van der Waals surface area contributed by atoms with Crippen molar-refractivity contribution in [3.63, 3.8) is 0 Å². The first-order valence-corrected chi connectivity index (χ1v) is 4.46. The van der Waals surface area contributed by atoms with Crippen molar-refractivity contribution in [3.8, 4) is 0 Å². The molecule has 1 atom stereocenters. The molecule has 1 saturated heterocycles. The molecular weight excluding hydrogens is 423 g/mol. The van der Waals surface area contributed by atoms with Crippen molar-refractivity contribution in [1.82, 2.24) is 4.90 Å². The van der Waals surface area contributed by atoms with Gasteiger partial charge in [0, 0.05) is 45.8 Å². The molecule has 0 aromatic rings. The zero-order valence-electron chi connectivity index (χ0n) is 9.95. The number of ether oxygens (including phenoxy) is 1. The minimum Gasteiger partial charge on any atom is -0.376 e. The van der Waals surface area contributed by atoms with E-state index in [0.717, 1.165) is 26.2 Å². The van der Waals surface area contributed by atoms with Crippen LogP contribution in [0.15, 0.2) is 0 Å². The summed E-state index contributed by atoms with van der Waals surface area (Å²) < 4.78 is 5.34. The maximum atomic E-state index is 5.34. The van der Waals surface area contributed by atoms with Gasteiger partial charge in [-0.1, -0.05) is 13.8 Å². The van der Waals surface area contributed by atoms with Gasteiger partial charge < -0.3 is 24.0 Å². The zero-order valence-corrected chi connectivity index (χ0v) is 15.7. The van der Waals surface area contributed by atoms with Gasteiger partial charge in [0.15, 0.2) is 0 Å². The molecule has 2 nitrogen and oxygen atoms in total. The van der Waals surface area contributed by atoms with Crippen LogP contribution in [0.25, 0.3) is 0 Å². The van der Waals surface area contributed by atoms with Gasteiger partial charge in [-0.05, 0) is 6.92 Å². The Morgan fingerprint density at radius 1 is 1.43 bits per heavy atom. The Morgan fingerprint density at radius 2 is 1.93 bits per heavy atom. The van der Waals surface area contributed by atoms with E-state index in [0.29, 0.717) is 6.10 Å². The van der Waals surface area contributed by atoms with Crippen LogP contribution in [0.4, 0.5) is 0 Å². The molecule has 0 aliphatic carbocycles. The predicted molar refractivity (Wildman–Crippen MR) is 55.0 cm³/mol. The average molecular weight is 446 g/mol. The molecule has 1 aliphatic rings. The summed E-state index contributed by atoms with van der Waals surface area (Å²) >= 11 is 0. The van der Waals surface area contributed by atoms with Crippen molar-refractivity contribution < 1.29 is 58.5 Å².